The first-order valence-electron chi connectivity index (χ1n) is 8.98. The molecule has 0 radical (unpaired) electrons. The van der Waals surface area contributed by atoms with Gasteiger partial charge >= 0.3 is 0 Å². The van der Waals surface area contributed by atoms with E-state index >= 15 is 0 Å². The van der Waals surface area contributed by atoms with Crippen molar-refractivity contribution in [2.75, 3.05) is 10.9 Å². The van der Waals surface area contributed by atoms with Gasteiger partial charge in [0.1, 0.15) is 5.75 Å². The quantitative estimate of drug-likeness (QED) is 0.489. The van der Waals surface area contributed by atoms with Crippen LogP contribution in [0.2, 0.25) is 10.0 Å². The third kappa shape index (κ3) is 4.78. The fourth-order valence-corrected chi connectivity index (χ4v) is 4.78. The molecule has 8 heteroatoms. The van der Waals surface area contributed by atoms with Crippen LogP contribution in [-0.2, 0) is 14.8 Å². The molecule has 5 nitrogen and oxygen atoms in total. The Bertz CT molecular complexity index is 1180. The van der Waals surface area contributed by atoms with Gasteiger partial charge in [-0.3, -0.25) is 4.79 Å². The molecule has 156 valence electrons. The molecular weight excluding hydrogens is 445 g/mol. The lowest BCUT2D eigenvalue weighted by Crippen LogP contribution is -2.40. The van der Waals surface area contributed by atoms with Crippen molar-refractivity contribution >= 4 is 44.8 Å². The largest absolute Gasteiger partial charge is 0.482 e. The van der Waals surface area contributed by atoms with Gasteiger partial charge in [-0.05, 0) is 61.4 Å². The zero-order chi connectivity index (χ0) is 21.9. The minimum absolute atomic E-state index is 0.00350. The third-order valence-corrected chi connectivity index (χ3v) is 6.62. The molecule has 0 aliphatic heterocycles. The Morgan fingerprint density at radius 1 is 0.967 bits per heavy atom. The number of carbonyl (C=O) groups is 1. The van der Waals surface area contributed by atoms with Crippen molar-refractivity contribution in [2.45, 2.75) is 18.7 Å². The Morgan fingerprint density at radius 3 is 2.33 bits per heavy atom. The summed E-state index contributed by atoms with van der Waals surface area (Å²) in [7, 11) is -4.16. The van der Waals surface area contributed by atoms with E-state index < -0.39 is 22.5 Å². The minimum atomic E-state index is -4.16. The van der Waals surface area contributed by atoms with E-state index in [9.17, 15) is 13.2 Å². The molecule has 3 rings (SSSR count). The molecule has 0 heterocycles. The molecule has 30 heavy (non-hydrogen) atoms. The molecule has 1 amide bonds. The normalized spacial score (nSPS) is 11.2. The number of benzene rings is 3. The van der Waals surface area contributed by atoms with E-state index in [1.807, 2.05) is 13.0 Å². The zero-order valence-corrected chi connectivity index (χ0v) is 18.6. The van der Waals surface area contributed by atoms with Crippen molar-refractivity contribution in [3.05, 3.63) is 87.9 Å². The smallest absolute Gasteiger partial charge is 0.278 e. The number of halogens is 2. The van der Waals surface area contributed by atoms with Gasteiger partial charge in [0.2, 0.25) is 0 Å². The second-order valence-electron chi connectivity index (χ2n) is 6.63. The summed E-state index contributed by atoms with van der Waals surface area (Å²) >= 11 is 12.0. The predicted molar refractivity (Wildman–Crippen MR) is 119 cm³/mol. The lowest BCUT2D eigenvalue weighted by molar-refractivity contribution is -0.119. The number of carbonyl (C=O) groups excluding carboxylic acids is 1. The Balaban J connectivity index is 2.01. The zero-order valence-electron chi connectivity index (χ0n) is 16.3. The average molecular weight is 464 g/mol. The van der Waals surface area contributed by atoms with E-state index in [0.717, 1.165) is 9.87 Å². The van der Waals surface area contributed by atoms with Gasteiger partial charge in [0.25, 0.3) is 15.9 Å². The SMILES string of the molecule is Cc1ccc(C)c(N(C(=O)COc2ccc(Cl)cc2Cl)S(=O)(=O)c2ccccc2)c1. The number of nitrogens with zero attached hydrogens (tertiary/aromatic N) is 1. The molecule has 0 aliphatic rings. The maximum Gasteiger partial charge on any atom is 0.278 e. The highest BCUT2D eigenvalue weighted by Crippen LogP contribution is 2.30. The van der Waals surface area contributed by atoms with Gasteiger partial charge in [-0.25, -0.2) is 8.42 Å². The highest BCUT2D eigenvalue weighted by atomic mass is 35.5. The third-order valence-electron chi connectivity index (χ3n) is 4.34. The van der Waals surface area contributed by atoms with Crippen molar-refractivity contribution in [3.8, 4) is 5.75 Å². The van der Waals surface area contributed by atoms with Crippen LogP contribution in [0.1, 0.15) is 11.1 Å². The highest BCUT2D eigenvalue weighted by Gasteiger charge is 2.32. The van der Waals surface area contributed by atoms with Crippen LogP contribution >= 0.6 is 23.2 Å². The van der Waals surface area contributed by atoms with Crippen LogP contribution in [0.4, 0.5) is 5.69 Å². The Hall–Kier alpha value is -2.54. The molecule has 0 aliphatic carbocycles. The number of hydrogen-bond acceptors (Lipinski definition) is 4. The van der Waals surface area contributed by atoms with E-state index in [-0.39, 0.29) is 21.4 Å². The molecule has 0 saturated carbocycles. The first kappa shape index (κ1) is 22.2. The number of ether oxygens (including phenoxy) is 1. The van der Waals surface area contributed by atoms with Gasteiger partial charge < -0.3 is 4.74 Å². The summed E-state index contributed by atoms with van der Waals surface area (Å²) in [5.74, 6) is -0.522. The van der Waals surface area contributed by atoms with E-state index in [2.05, 4.69) is 0 Å². The molecule has 0 saturated heterocycles. The topological polar surface area (TPSA) is 63.7 Å². The van der Waals surface area contributed by atoms with Gasteiger partial charge in [0, 0.05) is 5.02 Å². The van der Waals surface area contributed by atoms with Crippen molar-refractivity contribution in [3.63, 3.8) is 0 Å². The maximum absolute atomic E-state index is 13.4. The summed E-state index contributed by atoms with van der Waals surface area (Å²) < 4.78 is 33.0. The van der Waals surface area contributed by atoms with Crippen molar-refractivity contribution < 1.29 is 17.9 Å². The second-order valence-corrected chi connectivity index (χ2v) is 9.26. The summed E-state index contributed by atoms with van der Waals surface area (Å²) in [4.78, 5) is 13.1. The number of amides is 1. The van der Waals surface area contributed by atoms with Crippen molar-refractivity contribution in [1.29, 1.82) is 0 Å². The standard InChI is InChI=1S/C22H19Cl2NO4S/c1-15-8-9-16(2)20(12-15)25(30(27,28)18-6-4-3-5-7-18)22(26)14-29-21-11-10-17(23)13-19(21)24/h3-13H,14H2,1-2H3. The summed E-state index contributed by atoms with van der Waals surface area (Å²) in [6.45, 7) is 3.04. The fraction of sp³-hybridized carbons (Fsp3) is 0.136. The molecule has 3 aromatic rings. The van der Waals surface area contributed by atoms with Gasteiger partial charge in [-0.15, -0.1) is 0 Å². The summed E-state index contributed by atoms with van der Waals surface area (Å²) in [5, 5.41) is 0.641. The highest BCUT2D eigenvalue weighted by molar-refractivity contribution is 7.93. The van der Waals surface area contributed by atoms with Crippen LogP contribution in [0.5, 0.6) is 5.75 Å². The molecule has 3 aromatic carbocycles. The van der Waals surface area contributed by atoms with Crippen LogP contribution in [0, 0.1) is 13.8 Å². The van der Waals surface area contributed by atoms with Gasteiger partial charge in [-0.2, -0.15) is 4.31 Å². The van der Waals surface area contributed by atoms with E-state index in [4.69, 9.17) is 27.9 Å². The number of sulfonamides is 1. The monoisotopic (exact) mass is 463 g/mol. The van der Waals surface area contributed by atoms with Gasteiger partial charge in [-0.1, -0.05) is 53.5 Å². The molecule has 0 N–H and O–H groups in total. The Labute approximate surface area is 185 Å². The number of aryl methyl sites for hydroxylation is 2. The number of hydrogen-bond donors (Lipinski definition) is 0. The van der Waals surface area contributed by atoms with Gasteiger partial charge in [0.05, 0.1) is 15.6 Å². The average Bonchev–Trinajstić information content (AvgIpc) is 2.70. The molecule has 0 aromatic heterocycles. The summed E-state index contributed by atoms with van der Waals surface area (Å²) in [5.41, 5.74) is 1.73. The van der Waals surface area contributed by atoms with Crippen LogP contribution in [0.25, 0.3) is 0 Å². The first-order chi connectivity index (χ1) is 14.2. The lowest BCUT2D eigenvalue weighted by Gasteiger charge is -2.25. The minimum Gasteiger partial charge on any atom is -0.482 e. The summed E-state index contributed by atoms with van der Waals surface area (Å²) in [6.07, 6.45) is 0. The van der Waals surface area contributed by atoms with Crippen LogP contribution in [0.3, 0.4) is 0 Å². The first-order valence-corrected chi connectivity index (χ1v) is 11.2. The van der Waals surface area contributed by atoms with Crippen LogP contribution < -0.4 is 9.04 Å². The summed E-state index contributed by atoms with van der Waals surface area (Å²) in [6, 6.07) is 17.6. The fourth-order valence-electron chi connectivity index (χ4n) is 2.82. The molecule has 0 bridgehead atoms. The lowest BCUT2D eigenvalue weighted by atomic mass is 10.1. The molecule has 0 unspecified atom stereocenters. The maximum atomic E-state index is 13.4. The van der Waals surface area contributed by atoms with Gasteiger partial charge in [0.15, 0.2) is 6.61 Å². The van der Waals surface area contributed by atoms with E-state index in [1.165, 1.54) is 24.3 Å². The molecular formula is C22H19Cl2NO4S. The van der Waals surface area contributed by atoms with Crippen LogP contribution in [-0.4, -0.2) is 20.9 Å². The Kier molecular flexibility index (Phi) is 6.71. The molecule has 0 fully saturated rings. The van der Waals surface area contributed by atoms with E-state index in [0.29, 0.717) is 10.6 Å². The second kappa shape index (κ2) is 9.08. The van der Waals surface area contributed by atoms with E-state index in [1.54, 1.807) is 43.3 Å². The number of anilines is 1. The van der Waals surface area contributed by atoms with Crippen LogP contribution in [0.15, 0.2) is 71.6 Å². The van der Waals surface area contributed by atoms with Crippen molar-refractivity contribution in [2.24, 2.45) is 0 Å². The Morgan fingerprint density at radius 2 is 1.67 bits per heavy atom. The van der Waals surface area contributed by atoms with Crippen molar-refractivity contribution in [1.82, 2.24) is 0 Å². The number of rotatable bonds is 6. The molecule has 0 spiro atoms. The molecule has 0 atom stereocenters. The predicted octanol–water partition coefficient (Wildman–Crippen LogP) is 5.41.